The topological polar surface area (TPSA) is 68.0 Å². The molecule has 106 valence electrons. The number of Topliss-reactive ketones (excluding diaryl/α,β-unsaturated/α-hetero) is 1. The van der Waals surface area contributed by atoms with Gasteiger partial charge in [-0.1, -0.05) is 42.9 Å². The molecule has 0 amide bonds. The van der Waals surface area contributed by atoms with Crippen LogP contribution in [0, 0.1) is 12.8 Å². The summed E-state index contributed by atoms with van der Waals surface area (Å²) in [5.41, 5.74) is 7.71. The molecule has 1 heterocycles. The maximum absolute atomic E-state index is 12.0. The Bertz CT molecular complexity index is 652. The van der Waals surface area contributed by atoms with Gasteiger partial charge in [0.05, 0.1) is 0 Å². The van der Waals surface area contributed by atoms with Crippen molar-refractivity contribution in [2.75, 3.05) is 11.1 Å². The van der Waals surface area contributed by atoms with Crippen LogP contribution in [-0.4, -0.2) is 10.8 Å². The van der Waals surface area contributed by atoms with Crippen LogP contribution in [0.4, 0.5) is 16.6 Å². The molecule has 0 saturated carbocycles. The van der Waals surface area contributed by atoms with E-state index in [0.29, 0.717) is 15.0 Å². The van der Waals surface area contributed by atoms with Crippen LogP contribution in [-0.2, 0) is 0 Å². The van der Waals surface area contributed by atoms with Crippen LogP contribution in [0.3, 0.4) is 0 Å². The van der Waals surface area contributed by atoms with Crippen LogP contribution in [0.25, 0.3) is 0 Å². The van der Waals surface area contributed by atoms with Crippen LogP contribution in [0.1, 0.15) is 29.1 Å². The van der Waals surface area contributed by atoms with E-state index in [4.69, 9.17) is 17.3 Å². The molecule has 2 rings (SSSR count). The first-order valence-electron chi connectivity index (χ1n) is 6.22. The number of nitrogens with two attached hydrogens (primary N) is 1. The van der Waals surface area contributed by atoms with Gasteiger partial charge < -0.3 is 11.1 Å². The number of benzene rings is 1. The number of hydrogen-bond donors (Lipinski definition) is 2. The number of halogens is 1. The lowest BCUT2D eigenvalue weighted by molar-refractivity contribution is 0.0944. The van der Waals surface area contributed by atoms with Gasteiger partial charge in [0.25, 0.3) is 0 Å². The summed E-state index contributed by atoms with van der Waals surface area (Å²) in [6.45, 7) is 5.65. The van der Waals surface area contributed by atoms with Gasteiger partial charge in [0, 0.05) is 16.6 Å². The summed E-state index contributed by atoms with van der Waals surface area (Å²) in [7, 11) is 0. The number of nitrogens with one attached hydrogen (secondary N) is 1. The Hall–Kier alpha value is -1.59. The second-order valence-corrected chi connectivity index (χ2v) is 6.27. The molecule has 20 heavy (non-hydrogen) atoms. The summed E-state index contributed by atoms with van der Waals surface area (Å²) in [6.07, 6.45) is 0. The van der Waals surface area contributed by atoms with Gasteiger partial charge in [0.15, 0.2) is 10.9 Å². The predicted octanol–water partition coefficient (Wildman–Crippen LogP) is 4.27. The van der Waals surface area contributed by atoms with Gasteiger partial charge in [-0.3, -0.25) is 4.79 Å². The number of ketones is 1. The van der Waals surface area contributed by atoms with Crippen molar-refractivity contribution < 1.29 is 4.79 Å². The number of carbonyl (C=O) groups excluding carboxylic acids is 1. The lowest BCUT2D eigenvalue weighted by atomic mass is 10.1. The Morgan fingerprint density at radius 2 is 2.15 bits per heavy atom. The van der Waals surface area contributed by atoms with Gasteiger partial charge in [-0.15, -0.1) is 0 Å². The fourth-order valence-electron chi connectivity index (χ4n) is 1.67. The number of nitrogen functional groups attached to an aromatic ring is 1. The average molecular weight is 310 g/mol. The smallest absolute Gasteiger partial charge is 0.189 e. The molecule has 3 N–H and O–H groups in total. The third-order valence-electron chi connectivity index (χ3n) is 2.84. The third-order valence-corrected chi connectivity index (χ3v) is 4.08. The van der Waals surface area contributed by atoms with Crippen LogP contribution >= 0.6 is 22.9 Å². The monoisotopic (exact) mass is 309 g/mol. The molecule has 0 aliphatic rings. The van der Waals surface area contributed by atoms with Crippen molar-refractivity contribution in [1.82, 2.24) is 4.98 Å². The zero-order chi connectivity index (χ0) is 14.9. The lowest BCUT2D eigenvalue weighted by Gasteiger charge is -2.06. The largest absolute Gasteiger partial charge is 0.382 e. The molecule has 2 aromatic rings. The van der Waals surface area contributed by atoms with Crippen LogP contribution in [0.2, 0.25) is 5.02 Å². The van der Waals surface area contributed by atoms with E-state index in [-0.39, 0.29) is 17.5 Å². The molecule has 0 saturated heterocycles. The number of anilines is 3. The summed E-state index contributed by atoms with van der Waals surface area (Å²) < 4.78 is 0. The summed E-state index contributed by atoms with van der Waals surface area (Å²) in [4.78, 5) is 16.7. The van der Waals surface area contributed by atoms with Gasteiger partial charge in [0.1, 0.15) is 10.7 Å². The second-order valence-electron chi connectivity index (χ2n) is 4.84. The van der Waals surface area contributed by atoms with Gasteiger partial charge in [0.2, 0.25) is 0 Å². The first-order chi connectivity index (χ1) is 9.38. The normalized spacial score (nSPS) is 10.8. The van der Waals surface area contributed by atoms with E-state index in [9.17, 15) is 4.79 Å². The van der Waals surface area contributed by atoms with Gasteiger partial charge >= 0.3 is 0 Å². The van der Waals surface area contributed by atoms with E-state index in [0.717, 1.165) is 11.3 Å². The summed E-state index contributed by atoms with van der Waals surface area (Å²) in [5, 5.41) is 4.39. The van der Waals surface area contributed by atoms with E-state index in [2.05, 4.69) is 10.3 Å². The number of aromatic nitrogens is 1. The van der Waals surface area contributed by atoms with Crippen molar-refractivity contribution in [1.29, 1.82) is 0 Å². The van der Waals surface area contributed by atoms with E-state index in [1.165, 1.54) is 11.3 Å². The molecule has 0 fully saturated rings. The van der Waals surface area contributed by atoms with Crippen LogP contribution in [0.15, 0.2) is 18.2 Å². The molecule has 4 nitrogen and oxygen atoms in total. The highest BCUT2D eigenvalue weighted by molar-refractivity contribution is 7.18. The van der Waals surface area contributed by atoms with Crippen LogP contribution in [0.5, 0.6) is 0 Å². The van der Waals surface area contributed by atoms with Gasteiger partial charge in [-0.25, -0.2) is 4.98 Å². The Balaban J connectivity index is 2.29. The molecular formula is C14H16ClN3OS. The maximum atomic E-state index is 12.0. The van der Waals surface area contributed by atoms with Crippen molar-refractivity contribution in [3.05, 3.63) is 33.7 Å². The molecule has 0 bridgehead atoms. The number of thiazole rings is 1. The molecule has 0 radical (unpaired) electrons. The van der Waals surface area contributed by atoms with Crippen molar-refractivity contribution >= 4 is 45.4 Å². The predicted molar refractivity (Wildman–Crippen MR) is 85.2 cm³/mol. The Labute approximate surface area is 127 Å². The number of rotatable bonds is 4. The Kier molecular flexibility index (Phi) is 4.30. The molecular weight excluding hydrogens is 294 g/mol. The highest BCUT2D eigenvalue weighted by atomic mass is 35.5. The van der Waals surface area contributed by atoms with Crippen LogP contribution < -0.4 is 11.1 Å². The third kappa shape index (κ3) is 3.11. The molecule has 0 atom stereocenters. The lowest BCUT2D eigenvalue weighted by Crippen LogP contribution is -2.07. The number of nitrogens with zero attached hydrogens (tertiary/aromatic N) is 1. The first-order valence-corrected chi connectivity index (χ1v) is 7.41. The molecule has 0 unspecified atom stereocenters. The van der Waals surface area contributed by atoms with E-state index < -0.39 is 0 Å². The standard InChI is InChI=1S/C14H16ClN3OS/c1-7(2)11(19)12-13(16)18-14(20-12)17-10-6-9(15)5-4-8(10)3/h4-7H,16H2,1-3H3,(H,17,18). The summed E-state index contributed by atoms with van der Waals surface area (Å²) >= 11 is 7.24. The molecule has 0 aliphatic heterocycles. The van der Waals surface area contributed by atoms with Gasteiger partial charge in [-0.05, 0) is 24.6 Å². The molecule has 1 aromatic heterocycles. The number of carbonyl (C=O) groups is 1. The zero-order valence-corrected chi connectivity index (χ0v) is 13.1. The molecule has 0 aliphatic carbocycles. The van der Waals surface area contributed by atoms with Crippen molar-refractivity contribution in [3.63, 3.8) is 0 Å². The van der Waals surface area contributed by atoms with Crippen molar-refractivity contribution in [2.24, 2.45) is 5.92 Å². The van der Waals surface area contributed by atoms with Crippen molar-refractivity contribution in [2.45, 2.75) is 20.8 Å². The Morgan fingerprint density at radius 1 is 1.45 bits per heavy atom. The maximum Gasteiger partial charge on any atom is 0.189 e. The molecule has 0 spiro atoms. The quantitative estimate of drug-likeness (QED) is 0.828. The minimum absolute atomic E-state index is 0.0101. The number of aryl methyl sites for hydroxylation is 1. The number of hydrogen-bond acceptors (Lipinski definition) is 5. The minimum Gasteiger partial charge on any atom is -0.382 e. The van der Waals surface area contributed by atoms with E-state index >= 15 is 0 Å². The summed E-state index contributed by atoms with van der Waals surface area (Å²) in [5.74, 6) is 0.185. The fraction of sp³-hybridized carbons (Fsp3) is 0.286. The second kappa shape index (κ2) is 5.81. The Morgan fingerprint density at radius 3 is 2.80 bits per heavy atom. The minimum atomic E-state index is -0.0986. The molecule has 6 heteroatoms. The molecule has 1 aromatic carbocycles. The van der Waals surface area contributed by atoms with Gasteiger partial charge in [-0.2, -0.15) is 0 Å². The zero-order valence-electron chi connectivity index (χ0n) is 11.5. The highest BCUT2D eigenvalue weighted by Crippen LogP contribution is 2.31. The SMILES string of the molecule is Cc1ccc(Cl)cc1Nc1nc(N)c(C(=O)C(C)C)s1. The first kappa shape index (κ1) is 14.8. The highest BCUT2D eigenvalue weighted by Gasteiger charge is 2.19. The fourth-order valence-corrected chi connectivity index (χ4v) is 2.83. The summed E-state index contributed by atoms with van der Waals surface area (Å²) in [6, 6.07) is 5.56. The van der Waals surface area contributed by atoms with E-state index in [1.807, 2.05) is 39.0 Å². The average Bonchev–Trinajstić information content (AvgIpc) is 2.73. The van der Waals surface area contributed by atoms with Crippen molar-refractivity contribution in [3.8, 4) is 0 Å². The van der Waals surface area contributed by atoms with E-state index in [1.54, 1.807) is 0 Å².